The van der Waals surface area contributed by atoms with E-state index in [1.165, 1.54) is 32.1 Å². The van der Waals surface area contributed by atoms with E-state index in [-0.39, 0.29) is 6.61 Å². The molecule has 1 aliphatic rings. The van der Waals surface area contributed by atoms with Crippen LogP contribution in [0.2, 0.25) is 0 Å². The van der Waals surface area contributed by atoms with Gasteiger partial charge in [-0.25, -0.2) is 0 Å². The Balaban J connectivity index is 2.16. The fraction of sp³-hybridized carbons (Fsp3) is 0.875. The average Bonchev–Trinajstić information content (AvgIpc) is 2.86. The van der Waals surface area contributed by atoms with Crippen molar-refractivity contribution in [3.63, 3.8) is 0 Å². The monoisotopic (exact) mass is 302 g/mol. The van der Waals surface area contributed by atoms with Crippen LogP contribution in [0, 0.1) is 0 Å². The molecule has 0 saturated carbocycles. The second kappa shape index (κ2) is 11.0. The predicted octanol–water partition coefficient (Wildman–Crippen LogP) is 1.75. The van der Waals surface area contributed by atoms with Crippen LogP contribution in [-0.2, 0) is 9.47 Å². The molecule has 0 aliphatic carbocycles. The predicted molar refractivity (Wildman–Crippen MR) is 80.8 cm³/mol. The topological polar surface area (TPSA) is 79.2 Å². The summed E-state index contributed by atoms with van der Waals surface area (Å²) < 4.78 is 10.7. The lowest BCUT2D eigenvalue weighted by Crippen LogP contribution is -2.41. The summed E-state index contributed by atoms with van der Waals surface area (Å²) in [4.78, 5) is 0. The maximum Gasteiger partial charge on any atom is 0.154 e. The Morgan fingerprint density at radius 3 is 2.67 bits per heavy atom. The third-order valence-corrected chi connectivity index (χ3v) is 3.79. The van der Waals surface area contributed by atoms with Crippen LogP contribution < -0.4 is 0 Å². The molecule has 0 radical (unpaired) electrons. The van der Waals surface area contributed by atoms with Crippen LogP contribution in [0.4, 0.5) is 0 Å². The minimum absolute atomic E-state index is 0.123. The Kier molecular flexibility index (Phi) is 9.67. The van der Waals surface area contributed by atoms with Gasteiger partial charge in [0.05, 0.1) is 19.5 Å². The molecule has 4 atom stereocenters. The van der Waals surface area contributed by atoms with Crippen molar-refractivity contribution in [3.8, 4) is 0 Å². The van der Waals surface area contributed by atoms with Crippen LogP contribution in [-0.4, -0.2) is 52.9 Å². The van der Waals surface area contributed by atoms with Crippen molar-refractivity contribution in [2.24, 2.45) is 0 Å². The first-order chi connectivity index (χ1) is 10.2. The maximum absolute atomic E-state index is 9.75. The van der Waals surface area contributed by atoms with Crippen LogP contribution in [0.5, 0.6) is 0 Å². The molecule has 5 nitrogen and oxygen atoms in total. The van der Waals surface area contributed by atoms with E-state index in [0.29, 0.717) is 0 Å². The van der Waals surface area contributed by atoms with Gasteiger partial charge in [-0.1, -0.05) is 39.0 Å². The zero-order chi connectivity index (χ0) is 15.5. The summed E-state index contributed by atoms with van der Waals surface area (Å²) in [5.41, 5.74) is 0. The fourth-order valence-corrected chi connectivity index (χ4v) is 2.48. The third-order valence-electron chi connectivity index (χ3n) is 3.79. The van der Waals surface area contributed by atoms with Crippen LogP contribution in [0.1, 0.15) is 51.9 Å². The second-order valence-corrected chi connectivity index (χ2v) is 5.64. The van der Waals surface area contributed by atoms with E-state index in [9.17, 15) is 10.2 Å². The molecular formula is C16H30O5. The van der Waals surface area contributed by atoms with Crippen molar-refractivity contribution in [3.05, 3.63) is 12.3 Å². The molecule has 0 aromatic rings. The summed E-state index contributed by atoms with van der Waals surface area (Å²) in [5, 5.41) is 28.3. The van der Waals surface area contributed by atoms with Crippen molar-refractivity contribution < 1.29 is 24.8 Å². The Labute approximate surface area is 127 Å². The fourth-order valence-electron chi connectivity index (χ4n) is 2.48. The van der Waals surface area contributed by atoms with E-state index in [0.717, 1.165) is 12.8 Å². The molecule has 1 aliphatic heterocycles. The van der Waals surface area contributed by atoms with Gasteiger partial charge in [0.2, 0.25) is 0 Å². The molecule has 0 unspecified atom stereocenters. The summed E-state index contributed by atoms with van der Waals surface area (Å²) in [6.07, 6.45) is 8.90. The standard InChI is InChI=1S/C16H30O5/c1-2-3-4-5-6-7-8-9-10-20-16-14(19)12-21-15(16)13(18)11-17/h9-10,13-19H,2-8,11-12H2,1H3/b10-9+/t13-,14+,15+,16+/m1/s1. The highest BCUT2D eigenvalue weighted by molar-refractivity contribution is 4.91. The van der Waals surface area contributed by atoms with Crippen molar-refractivity contribution >= 4 is 0 Å². The van der Waals surface area contributed by atoms with E-state index >= 15 is 0 Å². The van der Waals surface area contributed by atoms with E-state index in [4.69, 9.17) is 14.6 Å². The van der Waals surface area contributed by atoms with Gasteiger partial charge in [0.15, 0.2) is 6.10 Å². The Morgan fingerprint density at radius 1 is 1.24 bits per heavy atom. The van der Waals surface area contributed by atoms with E-state index in [1.807, 2.05) is 6.08 Å². The molecule has 0 spiro atoms. The molecule has 21 heavy (non-hydrogen) atoms. The number of rotatable bonds is 11. The first kappa shape index (κ1) is 18.4. The molecule has 3 N–H and O–H groups in total. The van der Waals surface area contributed by atoms with Crippen LogP contribution in [0.15, 0.2) is 12.3 Å². The lowest BCUT2D eigenvalue weighted by Gasteiger charge is -2.22. The Hall–Kier alpha value is -0.620. The number of aliphatic hydroxyl groups excluding tert-OH is 3. The van der Waals surface area contributed by atoms with Gasteiger partial charge < -0.3 is 24.8 Å². The number of aliphatic hydroxyl groups is 3. The number of hydrogen-bond donors (Lipinski definition) is 3. The van der Waals surface area contributed by atoms with Gasteiger partial charge in [0.25, 0.3) is 0 Å². The molecule has 1 saturated heterocycles. The highest BCUT2D eigenvalue weighted by Gasteiger charge is 2.41. The average molecular weight is 302 g/mol. The summed E-state index contributed by atoms with van der Waals surface area (Å²) in [7, 11) is 0. The molecule has 1 heterocycles. The molecule has 0 aromatic heterocycles. The summed E-state index contributed by atoms with van der Waals surface area (Å²) >= 11 is 0. The summed E-state index contributed by atoms with van der Waals surface area (Å²) in [5.74, 6) is 0. The molecular weight excluding hydrogens is 272 g/mol. The maximum atomic E-state index is 9.75. The zero-order valence-electron chi connectivity index (χ0n) is 13.0. The number of allylic oxidation sites excluding steroid dienone is 1. The highest BCUT2D eigenvalue weighted by atomic mass is 16.6. The van der Waals surface area contributed by atoms with Crippen LogP contribution in [0.3, 0.4) is 0 Å². The molecule has 5 heteroatoms. The van der Waals surface area contributed by atoms with Gasteiger partial charge in [-0.3, -0.25) is 0 Å². The minimum Gasteiger partial charge on any atom is -0.493 e. The summed E-state index contributed by atoms with van der Waals surface area (Å²) in [6, 6.07) is 0. The van der Waals surface area contributed by atoms with Crippen LogP contribution >= 0.6 is 0 Å². The normalized spacial score (nSPS) is 27.3. The number of ether oxygens (including phenoxy) is 2. The van der Waals surface area contributed by atoms with Gasteiger partial charge in [-0.05, 0) is 18.9 Å². The smallest absolute Gasteiger partial charge is 0.154 e. The first-order valence-electron chi connectivity index (χ1n) is 8.09. The lowest BCUT2D eigenvalue weighted by molar-refractivity contribution is -0.0721. The first-order valence-corrected chi connectivity index (χ1v) is 8.09. The van der Waals surface area contributed by atoms with Crippen molar-refractivity contribution in [2.75, 3.05) is 13.2 Å². The van der Waals surface area contributed by atoms with Crippen molar-refractivity contribution in [1.29, 1.82) is 0 Å². The lowest BCUT2D eigenvalue weighted by atomic mass is 10.1. The van der Waals surface area contributed by atoms with Crippen LogP contribution in [0.25, 0.3) is 0 Å². The van der Waals surface area contributed by atoms with Gasteiger partial charge in [0.1, 0.15) is 18.3 Å². The molecule has 1 rings (SSSR count). The highest BCUT2D eigenvalue weighted by Crippen LogP contribution is 2.21. The van der Waals surface area contributed by atoms with E-state index < -0.39 is 31.0 Å². The minimum atomic E-state index is -1.03. The third kappa shape index (κ3) is 6.78. The quantitative estimate of drug-likeness (QED) is 0.400. The van der Waals surface area contributed by atoms with E-state index in [2.05, 4.69) is 6.92 Å². The molecule has 0 bridgehead atoms. The largest absolute Gasteiger partial charge is 0.493 e. The van der Waals surface area contributed by atoms with Crippen molar-refractivity contribution in [1.82, 2.24) is 0 Å². The summed E-state index contributed by atoms with van der Waals surface area (Å²) in [6.45, 7) is 1.93. The Bertz CT molecular complexity index is 282. The van der Waals surface area contributed by atoms with Gasteiger partial charge in [-0.15, -0.1) is 0 Å². The van der Waals surface area contributed by atoms with Gasteiger partial charge in [-0.2, -0.15) is 0 Å². The number of hydrogen-bond acceptors (Lipinski definition) is 5. The molecule has 0 aromatic carbocycles. The SMILES string of the molecule is CCCCCCCC/C=C/O[C@@H]1[C@H]([C@H](O)CO)OC[C@@H]1O. The second-order valence-electron chi connectivity index (χ2n) is 5.64. The van der Waals surface area contributed by atoms with E-state index in [1.54, 1.807) is 6.26 Å². The van der Waals surface area contributed by atoms with Crippen molar-refractivity contribution in [2.45, 2.75) is 76.3 Å². The molecule has 124 valence electrons. The Morgan fingerprint density at radius 2 is 1.95 bits per heavy atom. The molecule has 0 amide bonds. The zero-order valence-corrected chi connectivity index (χ0v) is 13.0. The number of unbranched alkanes of at least 4 members (excludes halogenated alkanes) is 6. The molecule has 1 fully saturated rings. The van der Waals surface area contributed by atoms with Gasteiger partial charge in [0, 0.05) is 0 Å². The van der Waals surface area contributed by atoms with Gasteiger partial charge >= 0.3 is 0 Å².